The Bertz CT molecular complexity index is 1700. The number of amides is 2. The van der Waals surface area contributed by atoms with Gasteiger partial charge in [0.2, 0.25) is 11.8 Å². The molecule has 1 saturated heterocycles. The number of carbonyl (C=O) groups is 2. The van der Waals surface area contributed by atoms with Crippen molar-refractivity contribution in [3.8, 4) is 0 Å². The number of imidazole rings is 1. The first-order chi connectivity index (χ1) is 24.7. The first-order valence-corrected chi connectivity index (χ1v) is 21.9. The van der Waals surface area contributed by atoms with Gasteiger partial charge in [-0.3, -0.25) is 27.7 Å². The van der Waals surface area contributed by atoms with Gasteiger partial charge in [0.05, 0.1) is 25.2 Å². The van der Waals surface area contributed by atoms with Crippen LogP contribution in [0.4, 0.5) is 0 Å². The Labute approximate surface area is 316 Å². The molecule has 0 radical (unpaired) electrons. The molecule has 54 heavy (non-hydrogen) atoms. The van der Waals surface area contributed by atoms with Gasteiger partial charge in [-0.25, -0.2) is 28.6 Å². The van der Waals surface area contributed by atoms with E-state index in [1.165, 1.54) is 24.1 Å². The minimum Gasteiger partial charge on any atom is -0.386 e. The second-order valence-electron chi connectivity index (χ2n) is 13.8. The van der Waals surface area contributed by atoms with E-state index in [1.807, 2.05) is 0 Å². The van der Waals surface area contributed by atoms with Gasteiger partial charge in [-0.15, -0.1) is 0 Å². The summed E-state index contributed by atoms with van der Waals surface area (Å²) in [5.74, 6) is 0.346. The van der Waals surface area contributed by atoms with Crippen LogP contribution in [0.2, 0.25) is 0 Å². The predicted molar refractivity (Wildman–Crippen MR) is 194 cm³/mol. The van der Waals surface area contributed by atoms with Crippen LogP contribution in [-0.2, 0) is 45.9 Å². The summed E-state index contributed by atoms with van der Waals surface area (Å²) in [5, 5.41) is 25.8. The highest BCUT2D eigenvalue weighted by Crippen LogP contribution is 2.60. The smallest absolute Gasteiger partial charge is 0.386 e. The van der Waals surface area contributed by atoms with Crippen LogP contribution in [0.3, 0.4) is 0 Å². The fourth-order valence-corrected chi connectivity index (χ4v) is 7.94. The molecule has 7 unspecified atom stereocenters. The molecule has 3 heterocycles. The van der Waals surface area contributed by atoms with Crippen LogP contribution >= 0.6 is 35.2 Å². The lowest BCUT2D eigenvalue weighted by Crippen LogP contribution is -2.43. The Balaban J connectivity index is 0.000000417. The number of phosphoric ester groups is 3. The monoisotopic (exact) mass is 852 g/mol. The molecule has 1 aliphatic rings. The number of thioether (sulfide) groups is 1. The maximum atomic E-state index is 12.0. The van der Waals surface area contributed by atoms with Crippen LogP contribution in [0.1, 0.15) is 66.8 Å². The van der Waals surface area contributed by atoms with Crippen molar-refractivity contribution < 1.29 is 75.7 Å². The lowest BCUT2D eigenvalue weighted by Gasteiger charge is -2.24. The van der Waals surface area contributed by atoms with Crippen molar-refractivity contribution >= 4 is 58.2 Å². The van der Waals surface area contributed by atoms with Crippen molar-refractivity contribution in [3.05, 3.63) is 18.3 Å². The van der Waals surface area contributed by atoms with Crippen LogP contribution in [0.15, 0.2) is 12.7 Å². The third-order valence-corrected chi connectivity index (χ3v) is 11.5. The zero-order valence-electron chi connectivity index (χ0n) is 31.1. The van der Waals surface area contributed by atoms with E-state index >= 15 is 0 Å². The fraction of sp³-hybridized carbons (Fsp3) is 0.750. The van der Waals surface area contributed by atoms with Crippen LogP contribution in [-0.4, -0.2) is 122 Å². The van der Waals surface area contributed by atoms with Gasteiger partial charge in [-0.2, -0.15) is 16.1 Å². The lowest BCUT2D eigenvalue weighted by atomic mass is 9.89. The van der Waals surface area contributed by atoms with Crippen molar-refractivity contribution in [1.82, 2.24) is 30.2 Å². The minimum atomic E-state index is -5.21. The van der Waals surface area contributed by atoms with Crippen LogP contribution in [0.5, 0.6) is 0 Å². The highest BCUT2D eigenvalue weighted by molar-refractivity contribution is 8.00. The summed E-state index contributed by atoms with van der Waals surface area (Å²) in [6.45, 7) is 14.4. The average Bonchev–Trinajstić information content (AvgIpc) is 3.57. The maximum Gasteiger partial charge on any atom is 0.481 e. The number of nitrogens with zero attached hydrogens (tertiary/aromatic N) is 4. The number of aliphatic hydroxyl groups excluding tert-OH is 2. The second kappa shape index (κ2) is 20.0. The topological polar surface area (TPSA) is 321 Å². The zero-order chi connectivity index (χ0) is 41.3. The van der Waals surface area contributed by atoms with Gasteiger partial charge in [0, 0.05) is 30.0 Å². The number of nitrogens with one attached hydrogen (secondary N) is 2. The summed E-state index contributed by atoms with van der Waals surface area (Å²) in [5.41, 5.74) is 0.590. The zero-order valence-corrected chi connectivity index (χ0v) is 34.6. The third-order valence-electron chi connectivity index (χ3n) is 6.96. The van der Waals surface area contributed by atoms with E-state index in [-0.39, 0.29) is 35.9 Å². The summed E-state index contributed by atoms with van der Waals surface area (Å²) in [6.07, 6.45) is -4.77. The highest BCUT2D eigenvalue weighted by atomic mass is 32.2. The Kier molecular flexibility index (Phi) is 17.9. The van der Waals surface area contributed by atoms with Gasteiger partial charge in [0.1, 0.15) is 36.3 Å². The summed E-state index contributed by atoms with van der Waals surface area (Å²) < 4.78 is 59.6. The molecule has 310 valence electrons. The molecule has 0 spiro atoms. The Morgan fingerprint density at radius 1 is 1.00 bits per heavy atom. The molecule has 0 aliphatic carbocycles. The molecule has 2 aromatic rings. The number of aromatic nitrogens is 4. The maximum absolute atomic E-state index is 12.0. The van der Waals surface area contributed by atoms with Gasteiger partial charge in [-0.1, -0.05) is 41.5 Å². The number of aliphatic hydroxyl groups is 2. The molecule has 2 aromatic heterocycles. The van der Waals surface area contributed by atoms with E-state index in [1.54, 1.807) is 39.5 Å². The quantitative estimate of drug-likeness (QED) is 0.0829. The molecule has 1 fully saturated rings. The first-order valence-electron chi connectivity index (χ1n) is 16.4. The largest absolute Gasteiger partial charge is 0.481 e. The van der Waals surface area contributed by atoms with Crippen molar-refractivity contribution in [2.45, 2.75) is 97.2 Å². The van der Waals surface area contributed by atoms with Gasteiger partial charge >= 0.3 is 23.5 Å². The Morgan fingerprint density at radius 3 is 2.20 bits per heavy atom. The standard InChI is InChI=1S/C15H30N2O3S.C13H21N4O13P3/c1-14(2,3)12(19)13(20)17-8-7-11(18)16-9-10-21-15(4,5)6;1-3-26-32(22,23)30-33(24,25)27-4-8-11(29-31(19,20)21)10(18)13(28-8)17-6-16-9-7(2)14-5-15-12(9)17/h12,19H,7-10H2,1-6H3,(H,16,18)(H,17,20);5-6,8,10-11,13,18H,3-4H2,1-2H3,(H,22,23)(H,24,25)(H2,19,20,21). The molecular formula is C28H51N6O16P3S. The van der Waals surface area contributed by atoms with E-state index in [0.717, 1.165) is 5.75 Å². The van der Waals surface area contributed by atoms with E-state index in [4.69, 9.17) is 4.74 Å². The number of fused-ring (bicyclic) bond motifs is 1. The van der Waals surface area contributed by atoms with Gasteiger partial charge < -0.3 is 45.2 Å². The van der Waals surface area contributed by atoms with Gasteiger partial charge in [0.15, 0.2) is 11.9 Å². The number of aryl methyl sites for hydroxylation is 1. The van der Waals surface area contributed by atoms with E-state index < -0.39 is 72.0 Å². The Hall–Kier alpha value is -1.91. The average molecular weight is 853 g/mol. The molecule has 2 amide bonds. The minimum absolute atomic E-state index is 0.0879. The molecule has 3 rings (SSSR count). The van der Waals surface area contributed by atoms with E-state index in [2.05, 4.69) is 64.2 Å². The van der Waals surface area contributed by atoms with Crippen molar-refractivity contribution in [2.24, 2.45) is 5.41 Å². The summed E-state index contributed by atoms with van der Waals surface area (Å²) in [4.78, 5) is 72.8. The number of hydrogen-bond donors (Lipinski definition) is 8. The first kappa shape index (κ1) is 48.2. The van der Waals surface area contributed by atoms with E-state index in [9.17, 15) is 53.1 Å². The van der Waals surface area contributed by atoms with Crippen LogP contribution < -0.4 is 10.6 Å². The number of rotatable bonds is 17. The molecule has 26 heteroatoms. The Morgan fingerprint density at radius 2 is 1.63 bits per heavy atom. The molecule has 22 nitrogen and oxygen atoms in total. The van der Waals surface area contributed by atoms with Gasteiger partial charge in [-0.05, 0) is 19.3 Å². The summed E-state index contributed by atoms with van der Waals surface area (Å²) in [7, 11) is -15.3. The van der Waals surface area contributed by atoms with Crippen molar-refractivity contribution in [1.29, 1.82) is 0 Å². The summed E-state index contributed by atoms with van der Waals surface area (Å²) in [6, 6.07) is 0. The number of ether oxygens (including phenoxy) is 1. The number of phosphoric acid groups is 3. The molecule has 8 N–H and O–H groups in total. The second-order valence-corrected chi connectivity index (χ2v) is 19.9. The van der Waals surface area contributed by atoms with Crippen LogP contribution in [0.25, 0.3) is 11.2 Å². The fourth-order valence-electron chi connectivity index (χ4n) is 4.46. The molecule has 0 saturated carbocycles. The van der Waals surface area contributed by atoms with Gasteiger partial charge in [0.25, 0.3) is 0 Å². The predicted octanol–water partition coefficient (Wildman–Crippen LogP) is 1.69. The molecule has 0 bridgehead atoms. The van der Waals surface area contributed by atoms with Crippen LogP contribution in [0, 0.1) is 12.3 Å². The number of hydrogen-bond acceptors (Lipinski definition) is 16. The van der Waals surface area contributed by atoms with E-state index in [0.29, 0.717) is 17.8 Å². The number of carbonyl (C=O) groups excluding carboxylic acids is 2. The molecular weight excluding hydrogens is 801 g/mol. The highest BCUT2D eigenvalue weighted by Gasteiger charge is 2.50. The lowest BCUT2D eigenvalue weighted by molar-refractivity contribution is -0.134. The SMILES string of the molecule is CC(C)(C)SCCNC(=O)CCNC(=O)C(O)C(C)(C)C.CCOP(=O)(O)OP(=O)(O)OCC1OC(n2cnc3c(C)ncnc32)C(O)C1OP(=O)(O)O. The molecule has 7 atom stereocenters. The molecule has 0 aromatic carbocycles. The normalized spacial score (nSPS) is 22.1. The molecule has 1 aliphatic heterocycles. The van der Waals surface area contributed by atoms with Crippen molar-refractivity contribution in [3.63, 3.8) is 0 Å². The van der Waals surface area contributed by atoms with Crippen molar-refractivity contribution in [2.75, 3.05) is 32.1 Å². The summed E-state index contributed by atoms with van der Waals surface area (Å²) >= 11 is 1.79. The third kappa shape index (κ3) is 16.3.